The average Bonchev–Trinajstić information content (AvgIpc) is 3.71. The monoisotopic (exact) mass is 642 g/mol. The quantitative estimate of drug-likeness (QED) is 0.181. The van der Waals surface area contributed by atoms with E-state index in [-0.39, 0.29) is 0 Å². The molecule has 0 aliphatic carbocycles. The van der Waals surface area contributed by atoms with E-state index in [1.165, 1.54) is 63.9 Å². The first-order chi connectivity index (χ1) is 24.3. The van der Waals surface area contributed by atoms with Crippen LogP contribution in [-0.4, -0.2) is 4.57 Å². The number of benzene rings is 8. The van der Waals surface area contributed by atoms with Gasteiger partial charge in [0, 0.05) is 58.8 Å². The molecule has 0 N–H and O–H groups in total. The minimum Gasteiger partial charge on any atom is -0.309 e. The molecule has 0 amide bonds. The van der Waals surface area contributed by atoms with Gasteiger partial charge in [0.2, 0.25) is 0 Å². The van der Waals surface area contributed by atoms with E-state index in [0.29, 0.717) is 0 Å². The summed E-state index contributed by atoms with van der Waals surface area (Å²) >= 11 is 1.88. The molecule has 49 heavy (non-hydrogen) atoms. The first kappa shape index (κ1) is 27.9. The number of thiophene rings is 1. The Bertz CT molecular complexity index is 2840. The van der Waals surface area contributed by atoms with Crippen molar-refractivity contribution in [3.05, 3.63) is 182 Å². The number of fused-ring (bicyclic) bond motifs is 7. The Hall–Kier alpha value is -6.16. The highest BCUT2D eigenvalue weighted by atomic mass is 32.1. The third-order valence-corrected chi connectivity index (χ3v) is 11.0. The van der Waals surface area contributed by atoms with Gasteiger partial charge in [-0.25, -0.2) is 0 Å². The molecule has 0 spiro atoms. The molecule has 0 unspecified atom stereocenters. The molecule has 2 heterocycles. The second-order valence-corrected chi connectivity index (χ2v) is 13.6. The Balaban J connectivity index is 1.28. The normalized spacial score (nSPS) is 11.7. The summed E-state index contributed by atoms with van der Waals surface area (Å²) in [6.07, 6.45) is 0. The number of nitrogens with zero attached hydrogens (tertiary/aromatic N) is 2. The summed E-state index contributed by atoms with van der Waals surface area (Å²) in [5, 5.41) is 7.54. The second-order valence-electron chi connectivity index (χ2n) is 12.5. The minimum atomic E-state index is 1.11. The van der Waals surface area contributed by atoms with Crippen molar-refractivity contribution in [2.45, 2.75) is 0 Å². The Kier molecular flexibility index (Phi) is 6.39. The smallest absolute Gasteiger partial charge is 0.0561 e. The first-order valence-electron chi connectivity index (χ1n) is 16.7. The second kappa shape index (κ2) is 11.2. The summed E-state index contributed by atoms with van der Waals surface area (Å²) in [5.41, 5.74) is 9.39. The van der Waals surface area contributed by atoms with Crippen molar-refractivity contribution in [3.63, 3.8) is 0 Å². The van der Waals surface area contributed by atoms with Crippen molar-refractivity contribution in [1.82, 2.24) is 4.57 Å². The zero-order chi connectivity index (χ0) is 32.3. The van der Waals surface area contributed by atoms with E-state index in [0.717, 1.165) is 22.7 Å². The fourth-order valence-corrected chi connectivity index (χ4v) is 8.85. The van der Waals surface area contributed by atoms with Crippen LogP contribution in [0.1, 0.15) is 0 Å². The molecule has 10 rings (SSSR count). The zero-order valence-electron chi connectivity index (χ0n) is 26.6. The Morgan fingerprint density at radius 2 is 1.04 bits per heavy atom. The number of anilines is 3. The van der Waals surface area contributed by atoms with Gasteiger partial charge in [0.15, 0.2) is 0 Å². The van der Waals surface area contributed by atoms with Crippen molar-refractivity contribution >= 4 is 81.1 Å². The molecular formula is C46H30N2S. The van der Waals surface area contributed by atoms with Crippen LogP contribution in [0.5, 0.6) is 0 Å². The number of hydrogen-bond acceptors (Lipinski definition) is 2. The fourth-order valence-electron chi connectivity index (χ4n) is 7.62. The maximum Gasteiger partial charge on any atom is 0.0561 e. The van der Waals surface area contributed by atoms with Crippen molar-refractivity contribution < 1.29 is 0 Å². The summed E-state index contributed by atoms with van der Waals surface area (Å²) in [6, 6.07) is 66.2. The molecule has 0 atom stereocenters. The SMILES string of the molecule is c1ccc(-n2c3ccccc3c3ccc(N(c4ccccc4-c4cccc5c4sc4ccccc45)c4cccc5ccccc45)cc32)cc1. The van der Waals surface area contributed by atoms with Crippen LogP contribution in [0.25, 0.3) is 69.6 Å². The molecule has 0 aliphatic rings. The lowest BCUT2D eigenvalue weighted by Crippen LogP contribution is -2.12. The third kappa shape index (κ3) is 4.40. The molecule has 2 aromatic heterocycles. The van der Waals surface area contributed by atoms with E-state index in [4.69, 9.17) is 0 Å². The Morgan fingerprint density at radius 1 is 0.408 bits per heavy atom. The number of rotatable bonds is 5. The molecule has 0 fully saturated rings. The summed E-state index contributed by atoms with van der Waals surface area (Å²) in [6.45, 7) is 0. The van der Waals surface area contributed by atoms with Gasteiger partial charge in [0.25, 0.3) is 0 Å². The predicted octanol–water partition coefficient (Wildman–Crippen LogP) is 13.4. The number of hydrogen-bond donors (Lipinski definition) is 0. The van der Waals surface area contributed by atoms with Crippen molar-refractivity contribution in [3.8, 4) is 16.8 Å². The molecule has 0 bridgehead atoms. The highest BCUT2D eigenvalue weighted by Crippen LogP contribution is 2.48. The van der Waals surface area contributed by atoms with E-state index < -0.39 is 0 Å². The number of aromatic nitrogens is 1. The molecule has 0 aliphatic heterocycles. The maximum absolute atomic E-state index is 2.47. The highest BCUT2D eigenvalue weighted by molar-refractivity contribution is 7.26. The van der Waals surface area contributed by atoms with Crippen LogP contribution in [0.2, 0.25) is 0 Å². The topological polar surface area (TPSA) is 8.17 Å². The lowest BCUT2D eigenvalue weighted by molar-refractivity contribution is 1.18. The van der Waals surface area contributed by atoms with Crippen LogP contribution >= 0.6 is 11.3 Å². The van der Waals surface area contributed by atoms with E-state index in [1.807, 2.05) is 11.3 Å². The van der Waals surface area contributed by atoms with E-state index in [2.05, 4.69) is 191 Å². The van der Waals surface area contributed by atoms with Crippen LogP contribution in [0.4, 0.5) is 17.1 Å². The lowest BCUT2D eigenvalue weighted by Gasteiger charge is -2.29. The van der Waals surface area contributed by atoms with Crippen LogP contribution in [-0.2, 0) is 0 Å². The minimum absolute atomic E-state index is 1.11. The fraction of sp³-hybridized carbons (Fsp3) is 0. The van der Waals surface area contributed by atoms with Crippen molar-refractivity contribution in [1.29, 1.82) is 0 Å². The number of para-hydroxylation sites is 3. The molecule has 230 valence electrons. The van der Waals surface area contributed by atoms with Crippen LogP contribution in [0.15, 0.2) is 182 Å². The van der Waals surface area contributed by atoms with Crippen molar-refractivity contribution in [2.75, 3.05) is 4.90 Å². The predicted molar refractivity (Wildman–Crippen MR) is 211 cm³/mol. The standard InChI is InChI=1S/C46H30N2S/c1-2-16-32(17-3-1)47-42-24-9-6-19-35(42)37-29-28-33(30-44(37)47)48(41-26-12-15-31-14-4-5-18-34(31)41)43-25-10-7-20-36(43)39-22-13-23-40-38-21-8-11-27-45(38)49-46(39)40/h1-30H. The molecule has 2 nitrogen and oxygen atoms in total. The van der Waals surface area contributed by atoms with Crippen LogP contribution in [0.3, 0.4) is 0 Å². The molecule has 0 radical (unpaired) electrons. The van der Waals surface area contributed by atoms with Gasteiger partial charge < -0.3 is 9.47 Å². The Labute approximate surface area is 288 Å². The summed E-state index contributed by atoms with van der Waals surface area (Å²) in [4.78, 5) is 2.47. The van der Waals surface area contributed by atoms with Gasteiger partial charge in [-0.2, -0.15) is 0 Å². The summed E-state index contributed by atoms with van der Waals surface area (Å²) in [7, 11) is 0. The van der Waals surface area contributed by atoms with Gasteiger partial charge in [-0.05, 0) is 53.9 Å². The molecule has 10 aromatic rings. The molecule has 0 saturated carbocycles. The van der Waals surface area contributed by atoms with Gasteiger partial charge in [0.05, 0.1) is 22.4 Å². The zero-order valence-corrected chi connectivity index (χ0v) is 27.4. The molecule has 0 saturated heterocycles. The maximum atomic E-state index is 2.47. The van der Waals surface area contributed by atoms with E-state index in [1.54, 1.807) is 0 Å². The first-order valence-corrected chi connectivity index (χ1v) is 17.5. The van der Waals surface area contributed by atoms with Gasteiger partial charge in [-0.15, -0.1) is 11.3 Å². The molecular weight excluding hydrogens is 613 g/mol. The van der Waals surface area contributed by atoms with Gasteiger partial charge in [0.1, 0.15) is 0 Å². The Morgan fingerprint density at radius 3 is 1.96 bits per heavy atom. The average molecular weight is 643 g/mol. The van der Waals surface area contributed by atoms with Crippen LogP contribution < -0.4 is 4.90 Å². The summed E-state index contributed by atoms with van der Waals surface area (Å²) < 4.78 is 5.03. The van der Waals surface area contributed by atoms with E-state index in [9.17, 15) is 0 Å². The van der Waals surface area contributed by atoms with Gasteiger partial charge in [-0.1, -0.05) is 133 Å². The molecule has 8 aromatic carbocycles. The largest absolute Gasteiger partial charge is 0.309 e. The molecule has 3 heteroatoms. The van der Waals surface area contributed by atoms with Crippen LogP contribution in [0, 0.1) is 0 Å². The lowest BCUT2D eigenvalue weighted by atomic mass is 9.98. The van der Waals surface area contributed by atoms with Gasteiger partial charge >= 0.3 is 0 Å². The highest BCUT2D eigenvalue weighted by Gasteiger charge is 2.22. The third-order valence-electron chi connectivity index (χ3n) is 9.78. The van der Waals surface area contributed by atoms with Crippen molar-refractivity contribution in [2.24, 2.45) is 0 Å². The van der Waals surface area contributed by atoms with E-state index >= 15 is 0 Å². The summed E-state index contributed by atoms with van der Waals surface area (Å²) in [5.74, 6) is 0. The van der Waals surface area contributed by atoms with Gasteiger partial charge in [-0.3, -0.25) is 0 Å².